The molecule has 3 N–H and O–H groups in total. The smallest absolute Gasteiger partial charge is 0.237 e. The number of carbonyl (C=O) groups is 4. The first-order valence-corrected chi connectivity index (χ1v) is 17.2. The van der Waals surface area contributed by atoms with E-state index in [0.29, 0.717) is 50.2 Å². The Hall–Kier alpha value is -5.31. The topological polar surface area (TPSA) is 120 Å². The molecule has 2 aliphatic rings. The van der Waals surface area contributed by atoms with E-state index in [-0.39, 0.29) is 39.8 Å². The lowest BCUT2D eigenvalue weighted by Gasteiger charge is -2.31. The summed E-state index contributed by atoms with van der Waals surface area (Å²) >= 11 is 0. The molecule has 1 aromatic heterocycles. The Morgan fingerprint density at radius 2 is 1.42 bits per heavy atom. The zero-order chi connectivity index (χ0) is 36.2. The summed E-state index contributed by atoms with van der Waals surface area (Å²) in [5, 5.41) is 18.4. The number of fused-ring (bicyclic) bond motifs is 2. The number of rotatable bonds is 10. The molecule has 0 saturated carbocycles. The number of benzene rings is 2. The minimum absolute atomic E-state index is 0.0466. The fourth-order valence-electron chi connectivity index (χ4n) is 6.23. The van der Waals surface area contributed by atoms with Gasteiger partial charge >= 0.3 is 0 Å². The van der Waals surface area contributed by atoms with Gasteiger partial charge in [-0.05, 0) is 83.9 Å². The van der Waals surface area contributed by atoms with E-state index in [2.05, 4.69) is 10.6 Å². The standard InChI is InChI=1S/C41H46N4O5/c1-40(2,3)42-35(46)17-11-23-44-29(21-19-27-13-7-9-15-33(27)44)25-31-37(48)32(39(50)38(31)49)26-30-22-20-28-14-8-10-16-34(28)45(30)24-12-18-36(47)43-41(4,5)6/h7-10,13-16,19-22,25-26H,11-12,17-18,23-24H2,1-6H3,(H2-,42,43,46,47,48,49,50)/p+1. The van der Waals surface area contributed by atoms with Crippen LogP contribution in [0.2, 0.25) is 0 Å². The number of nitrogens with zero attached hydrogens (tertiary/aromatic N) is 2. The largest absolute Gasteiger partial charge is 0.506 e. The SMILES string of the molecule is CC(C)(C)NC(=O)CCCN1C(=CC2=C(O)C(=Cc3ccc4ccccc4[n+]3CCCC(=O)NC(C)(C)C)C(=O)C2=O)C=Cc2ccccc21. The summed E-state index contributed by atoms with van der Waals surface area (Å²) in [5.74, 6) is -2.05. The maximum atomic E-state index is 13.4. The van der Waals surface area contributed by atoms with Crippen molar-refractivity contribution in [3.8, 4) is 0 Å². The van der Waals surface area contributed by atoms with E-state index < -0.39 is 11.6 Å². The summed E-state index contributed by atoms with van der Waals surface area (Å²) in [6.07, 6.45) is 8.62. The molecular weight excluding hydrogens is 628 g/mol. The monoisotopic (exact) mass is 675 g/mol. The fourth-order valence-corrected chi connectivity index (χ4v) is 6.23. The summed E-state index contributed by atoms with van der Waals surface area (Å²) in [4.78, 5) is 54.0. The van der Waals surface area contributed by atoms with Crippen molar-refractivity contribution < 1.29 is 28.9 Å². The highest BCUT2D eigenvalue weighted by atomic mass is 16.3. The first-order valence-electron chi connectivity index (χ1n) is 17.2. The van der Waals surface area contributed by atoms with Gasteiger partial charge in [-0.25, -0.2) is 0 Å². The van der Waals surface area contributed by atoms with E-state index in [1.165, 1.54) is 0 Å². The predicted octanol–water partition coefficient (Wildman–Crippen LogP) is 6.28. The molecule has 1 aliphatic heterocycles. The molecule has 5 rings (SSSR count). The van der Waals surface area contributed by atoms with Gasteiger partial charge in [-0.15, -0.1) is 0 Å². The fraction of sp³-hybridized carbons (Fsp3) is 0.341. The molecule has 260 valence electrons. The van der Waals surface area contributed by atoms with Crippen LogP contribution in [-0.2, 0) is 25.7 Å². The first-order chi connectivity index (χ1) is 23.6. The van der Waals surface area contributed by atoms with Crippen molar-refractivity contribution in [1.29, 1.82) is 0 Å². The molecule has 9 heteroatoms. The molecule has 2 amide bonds. The number of amides is 2. The molecule has 0 spiro atoms. The van der Waals surface area contributed by atoms with Gasteiger partial charge in [-0.2, -0.15) is 4.57 Å². The Labute approximate surface area is 294 Å². The number of anilines is 1. The van der Waals surface area contributed by atoms with Gasteiger partial charge in [0.2, 0.25) is 34.6 Å². The third-order valence-electron chi connectivity index (χ3n) is 8.34. The molecular formula is C41H47N4O5+. The number of Topliss-reactive ketones (excluding diaryl/α,β-unsaturated/α-hetero) is 2. The summed E-state index contributed by atoms with van der Waals surface area (Å²) in [6.45, 7) is 12.6. The van der Waals surface area contributed by atoms with Crippen molar-refractivity contribution in [2.75, 3.05) is 11.4 Å². The number of nitrogens with one attached hydrogen (secondary N) is 2. The molecule has 2 heterocycles. The van der Waals surface area contributed by atoms with Crippen molar-refractivity contribution in [2.24, 2.45) is 0 Å². The van der Waals surface area contributed by atoms with Crippen LogP contribution in [0.15, 0.2) is 95.4 Å². The van der Waals surface area contributed by atoms with Gasteiger partial charge in [-0.1, -0.05) is 36.4 Å². The van der Waals surface area contributed by atoms with Crippen LogP contribution in [0.5, 0.6) is 0 Å². The Bertz CT molecular complexity index is 1970. The van der Waals surface area contributed by atoms with Gasteiger partial charge < -0.3 is 20.6 Å². The average Bonchev–Trinajstić information content (AvgIpc) is 3.23. The molecule has 0 atom stereocenters. The van der Waals surface area contributed by atoms with E-state index in [9.17, 15) is 24.3 Å². The summed E-state index contributed by atoms with van der Waals surface area (Å²) in [7, 11) is 0. The number of hydrogen-bond acceptors (Lipinski definition) is 6. The first kappa shape index (κ1) is 36.0. The molecule has 9 nitrogen and oxygen atoms in total. The third kappa shape index (κ3) is 8.64. The minimum Gasteiger partial charge on any atom is -0.506 e. The zero-order valence-corrected chi connectivity index (χ0v) is 29.8. The highest BCUT2D eigenvalue weighted by molar-refractivity contribution is 6.54. The van der Waals surface area contributed by atoms with Gasteiger partial charge in [0, 0.05) is 71.9 Å². The number of pyridine rings is 1. The van der Waals surface area contributed by atoms with Crippen molar-refractivity contribution in [3.63, 3.8) is 0 Å². The molecule has 3 aromatic rings. The second-order valence-electron chi connectivity index (χ2n) is 14.9. The Kier molecular flexibility index (Phi) is 10.6. The Morgan fingerprint density at radius 1 is 0.780 bits per heavy atom. The molecule has 2 aromatic carbocycles. The van der Waals surface area contributed by atoms with Gasteiger partial charge in [-0.3, -0.25) is 19.2 Å². The number of aromatic nitrogens is 1. The van der Waals surface area contributed by atoms with Crippen LogP contribution < -0.4 is 20.1 Å². The predicted molar refractivity (Wildman–Crippen MR) is 197 cm³/mol. The van der Waals surface area contributed by atoms with Crippen molar-refractivity contribution in [1.82, 2.24) is 10.6 Å². The number of aliphatic hydroxyl groups is 1. The maximum absolute atomic E-state index is 13.4. The van der Waals surface area contributed by atoms with Gasteiger partial charge in [0.15, 0.2) is 0 Å². The van der Waals surface area contributed by atoms with E-state index in [0.717, 1.165) is 22.2 Å². The van der Waals surface area contributed by atoms with Crippen molar-refractivity contribution in [2.45, 2.75) is 84.8 Å². The highest BCUT2D eigenvalue weighted by Crippen LogP contribution is 2.34. The summed E-state index contributed by atoms with van der Waals surface area (Å²) in [5.41, 5.74) is 3.20. The number of ketones is 2. The van der Waals surface area contributed by atoms with Crippen LogP contribution in [-0.4, -0.2) is 46.1 Å². The van der Waals surface area contributed by atoms with E-state index in [4.69, 9.17) is 0 Å². The Balaban J connectivity index is 1.46. The van der Waals surface area contributed by atoms with E-state index in [1.807, 2.05) is 124 Å². The second kappa shape index (κ2) is 14.7. The lowest BCUT2D eigenvalue weighted by Crippen LogP contribution is -2.42. The van der Waals surface area contributed by atoms with Crippen LogP contribution in [0.3, 0.4) is 0 Å². The Morgan fingerprint density at radius 3 is 2.12 bits per heavy atom. The van der Waals surface area contributed by atoms with Gasteiger partial charge in [0.25, 0.3) is 0 Å². The van der Waals surface area contributed by atoms with E-state index >= 15 is 0 Å². The number of carbonyl (C=O) groups excluding carboxylic acids is 4. The number of hydrogen-bond donors (Lipinski definition) is 3. The average molecular weight is 676 g/mol. The second-order valence-corrected chi connectivity index (χ2v) is 14.9. The lowest BCUT2D eigenvalue weighted by molar-refractivity contribution is -0.673. The molecule has 0 bridgehead atoms. The minimum atomic E-state index is -0.788. The molecule has 0 radical (unpaired) electrons. The maximum Gasteiger partial charge on any atom is 0.237 e. The summed E-state index contributed by atoms with van der Waals surface area (Å²) in [6, 6.07) is 19.4. The van der Waals surface area contributed by atoms with Gasteiger partial charge in [0.05, 0.1) is 11.1 Å². The highest BCUT2D eigenvalue weighted by Gasteiger charge is 2.37. The number of allylic oxidation sites excluding steroid dienone is 4. The van der Waals surface area contributed by atoms with Crippen LogP contribution in [0.1, 0.15) is 78.5 Å². The van der Waals surface area contributed by atoms with E-state index in [1.54, 1.807) is 12.2 Å². The molecule has 50 heavy (non-hydrogen) atoms. The number of aryl methyl sites for hydroxylation is 1. The number of aliphatic hydroxyl groups excluding tert-OH is 1. The summed E-state index contributed by atoms with van der Waals surface area (Å²) < 4.78 is 2.01. The molecule has 0 saturated heterocycles. The normalized spacial score (nSPS) is 16.5. The van der Waals surface area contributed by atoms with Gasteiger partial charge in [0.1, 0.15) is 12.3 Å². The molecule has 0 unspecified atom stereocenters. The quantitative estimate of drug-likeness (QED) is 0.132. The van der Waals surface area contributed by atoms with Crippen LogP contribution in [0, 0.1) is 0 Å². The van der Waals surface area contributed by atoms with Crippen LogP contribution in [0.4, 0.5) is 5.69 Å². The molecule has 0 fully saturated rings. The van der Waals surface area contributed by atoms with Crippen molar-refractivity contribution in [3.05, 3.63) is 107 Å². The zero-order valence-electron chi connectivity index (χ0n) is 29.8. The lowest BCUT2D eigenvalue weighted by atomic mass is 10.0. The number of para-hydroxylation sites is 2. The van der Waals surface area contributed by atoms with Crippen LogP contribution in [0.25, 0.3) is 23.1 Å². The third-order valence-corrected chi connectivity index (χ3v) is 8.34. The van der Waals surface area contributed by atoms with Crippen LogP contribution >= 0.6 is 0 Å². The molecule has 1 aliphatic carbocycles. The van der Waals surface area contributed by atoms with Crippen molar-refractivity contribution >= 4 is 52.1 Å².